The number of aromatic nitrogens is 3. The smallest absolute Gasteiger partial charge is 0.323 e. The fraction of sp³-hybridized carbons (Fsp3) is 0.750. The quantitative estimate of drug-likeness (QED) is 0.456. The molecule has 20 heavy (non-hydrogen) atoms. The summed E-state index contributed by atoms with van der Waals surface area (Å²) in [6, 6.07) is 0.306. The van der Waals surface area contributed by atoms with Crippen LogP contribution in [0.3, 0.4) is 0 Å². The van der Waals surface area contributed by atoms with E-state index in [1.807, 2.05) is 27.7 Å². The van der Waals surface area contributed by atoms with Crippen LogP contribution in [0, 0.1) is 5.41 Å². The van der Waals surface area contributed by atoms with Crippen LogP contribution >= 0.6 is 0 Å². The Bertz CT molecular complexity index is 479. The minimum Gasteiger partial charge on any atom is -0.461 e. The van der Waals surface area contributed by atoms with Crippen molar-refractivity contribution >= 4 is 11.9 Å². The minimum absolute atomic E-state index is 0.0437. The van der Waals surface area contributed by atoms with Crippen molar-refractivity contribution in [2.75, 3.05) is 10.7 Å². The number of ether oxygens (including phenoxy) is 1. The van der Waals surface area contributed by atoms with Crippen molar-refractivity contribution in [1.29, 1.82) is 0 Å². The fourth-order valence-corrected chi connectivity index (χ4v) is 2.05. The van der Waals surface area contributed by atoms with Crippen LogP contribution in [-0.4, -0.2) is 38.3 Å². The predicted octanol–water partition coefficient (Wildman–Crippen LogP) is 0.516. The third-order valence-electron chi connectivity index (χ3n) is 3.60. The largest absolute Gasteiger partial charge is 0.461 e. The lowest BCUT2D eigenvalue weighted by Gasteiger charge is -2.49. The highest BCUT2D eigenvalue weighted by molar-refractivity contribution is 5.37. The number of nitrogens with one attached hydrogen (secondary N) is 2. The molecule has 8 heteroatoms. The van der Waals surface area contributed by atoms with Gasteiger partial charge in [0.1, 0.15) is 0 Å². The molecule has 1 fully saturated rings. The molecule has 0 aliphatic heterocycles. The summed E-state index contributed by atoms with van der Waals surface area (Å²) >= 11 is 0. The topological polar surface area (TPSA) is 118 Å². The first-order valence-electron chi connectivity index (χ1n) is 6.67. The average Bonchev–Trinajstić information content (AvgIpc) is 2.37. The summed E-state index contributed by atoms with van der Waals surface area (Å²) in [6.07, 6.45) is 0.294. The van der Waals surface area contributed by atoms with E-state index in [0.717, 1.165) is 0 Å². The van der Waals surface area contributed by atoms with Gasteiger partial charge in [-0.15, -0.1) is 0 Å². The molecule has 0 bridgehead atoms. The summed E-state index contributed by atoms with van der Waals surface area (Å²) in [5.41, 5.74) is 2.17. The summed E-state index contributed by atoms with van der Waals surface area (Å²) in [5.74, 6) is 5.96. The van der Waals surface area contributed by atoms with Crippen LogP contribution in [0.4, 0.5) is 11.9 Å². The highest BCUT2D eigenvalue weighted by Crippen LogP contribution is 2.41. The molecule has 1 aliphatic carbocycles. The molecule has 112 valence electrons. The van der Waals surface area contributed by atoms with Gasteiger partial charge in [0.15, 0.2) is 0 Å². The van der Waals surface area contributed by atoms with Crippen LogP contribution in [0.15, 0.2) is 0 Å². The molecule has 1 heterocycles. The maximum absolute atomic E-state index is 9.75. The Kier molecular flexibility index (Phi) is 3.96. The highest BCUT2D eigenvalue weighted by Gasteiger charge is 2.47. The highest BCUT2D eigenvalue weighted by atomic mass is 16.5. The van der Waals surface area contributed by atoms with Crippen LogP contribution < -0.4 is 21.3 Å². The predicted molar refractivity (Wildman–Crippen MR) is 75.2 cm³/mol. The van der Waals surface area contributed by atoms with Gasteiger partial charge in [0.05, 0.1) is 12.2 Å². The molecule has 2 unspecified atom stereocenters. The van der Waals surface area contributed by atoms with Gasteiger partial charge >= 0.3 is 6.01 Å². The third kappa shape index (κ3) is 2.91. The number of nitrogen functional groups attached to an aromatic ring is 1. The van der Waals surface area contributed by atoms with E-state index >= 15 is 0 Å². The molecule has 8 nitrogen and oxygen atoms in total. The lowest BCUT2D eigenvalue weighted by Crippen LogP contribution is -2.57. The molecule has 1 aromatic rings. The number of anilines is 2. The Hall–Kier alpha value is -1.67. The molecule has 0 spiro atoms. The molecule has 1 aromatic heterocycles. The lowest BCUT2D eigenvalue weighted by molar-refractivity contribution is -0.0513. The second-order valence-corrected chi connectivity index (χ2v) is 5.85. The van der Waals surface area contributed by atoms with Crippen molar-refractivity contribution in [2.45, 2.75) is 52.4 Å². The number of hydrogen-bond acceptors (Lipinski definition) is 8. The van der Waals surface area contributed by atoms with Crippen molar-refractivity contribution in [1.82, 2.24) is 15.0 Å². The SMILES string of the molecule is CC(C)Oc1nc(NN)nc(NC2CC(O)C2(C)C)n1. The lowest BCUT2D eigenvalue weighted by atomic mass is 9.65. The molecule has 2 atom stereocenters. The number of aliphatic hydroxyl groups is 1. The van der Waals surface area contributed by atoms with Crippen molar-refractivity contribution in [3.05, 3.63) is 0 Å². The second kappa shape index (κ2) is 5.37. The van der Waals surface area contributed by atoms with Gasteiger partial charge in [-0.1, -0.05) is 13.8 Å². The van der Waals surface area contributed by atoms with Gasteiger partial charge in [-0.25, -0.2) is 5.84 Å². The zero-order valence-corrected chi connectivity index (χ0v) is 12.2. The Balaban J connectivity index is 2.15. The molecule has 1 aliphatic rings. The second-order valence-electron chi connectivity index (χ2n) is 5.85. The van der Waals surface area contributed by atoms with Gasteiger partial charge in [0, 0.05) is 11.5 Å². The van der Waals surface area contributed by atoms with Gasteiger partial charge in [-0.05, 0) is 20.3 Å². The standard InChI is InChI=1S/C12H22N6O2/c1-6(2)20-11-16-9(15-10(17-11)18-13)14-7-5-8(19)12(7,3)4/h6-8,19H,5,13H2,1-4H3,(H2,14,15,16,17,18). The maximum atomic E-state index is 9.75. The van der Waals surface area contributed by atoms with Gasteiger partial charge in [-0.2, -0.15) is 15.0 Å². The van der Waals surface area contributed by atoms with E-state index in [1.54, 1.807) is 0 Å². The van der Waals surface area contributed by atoms with E-state index in [2.05, 4.69) is 25.7 Å². The summed E-state index contributed by atoms with van der Waals surface area (Å²) < 4.78 is 5.46. The molecule has 0 saturated heterocycles. The van der Waals surface area contributed by atoms with Gasteiger partial charge in [0.25, 0.3) is 0 Å². The van der Waals surface area contributed by atoms with Gasteiger partial charge in [-0.3, -0.25) is 5.43 Å². The number of nitrogens with zero attached hydrogens (tertiary/aromatic N) is 3. The fourth-order valence-electron chi connectivity index (χ4n) is 2.05. The number of hydrogen-bond donors (Lipinski definition) is 4. The van der Waals surface area contributed by atoms with Crippen LogP contribution in [0.1, 0.15) is 34.1 Å². The molecular weight excluding hydrogens is 260 g/mol. The molecule has 5 N–H and O–H groups in total. The zero-order chi connectivity index (χ0) is 14.9. The summed E-state index contributed by atoms with van der Waals surface area (Å²) in [5, 5.41) is 12.9. The Morgan fingerprint density at radius 1 is 1.30 bits per heavy atom. The molecule has 0 radical (unpaired) electrons. The molecular formula is C12H22N6O2. The number of hydrazine groups is 1. The molecule has 2 rings (SSSR count). The third-order valence-corrected chi connectivity index (χ3v) is 3.60. The van der Waals surface area contributed by atoms with E-state index in [0.29, 0.717) is 12.4 Å². The first-order valence-corrected chi connectivity index (χ1v) is 6.67. The summed E-state index contributed by atoms with van der Waals surface area (Å²) in [7, 11) is 0. The van der Waals surface area contributed by atoms with Crippen LogP contribution in [0.2, 0.25) is 0 Å². The monoisotopic (exact) mass is 282 g/mol. The zero-order valence-electron chi connectivity index (χ0n) is 12.2. The maximum Gasteiger partial charge on any atom is 0.323 e. The van der Waals surface area contributed by atoms with E-state index in [1.165, 1.54) is 0 Å². The Morgan fingerprint density at radius 3 is 2.45 bits per heavy atom. The van der Waals surface area contributed by atoms with Crippen LogP contribution in [0.25, 0.3) is 0 Å². The number of aliphatic hydroxyl groups excluding tert-OH is 1. The first-order chi connectivity index (χ1) is 9.32. The van der Waals surface area contributed by atoms with E-state index < -0.39 is 0 Å². The van der Waals surface area contributed by atoms with Gasteiger partial charge in [0.2, 0.25) is 11.9 Å². The van der Waals surface area contributed by atoms with Gasteiger partial charge < -0.3 is 15.2 Å². The molecule has 0 amide bonds. The molecule has 1 saturated carbocycles. The van der Waals surface area contributed by atoms with E-state index in [4.69, 9.17) is 10.6 Å². The summed E-state index contributed by atoms with van der Waals surface area (Å²) in [4.78, 5) is 12.4. The Morgan fingerprint density at radius 2 is 1.95 bits per heavy atom. The Labute approximate surface area is 118 Å². The van der Waals surface area contributed by atoms with E-state index in [-0.39, 0.29) is 35.6 Å². The van der Waals surface area contributed by atoms with Crippen molar-refractivity contribution in [2.24, 2.45) is 11.3 Å². The van der Waals surface area contributed by atoms with Crippen LogP contribution in [-0.2, 0) is 0 Å². The van der Waals surface area contributed by atoms with Crippen LogP contribution in [0.5, 0.6) is 6.01 Å². The minimum atomic E-state index is -0.319. The molecule has 0 aromatic carbocycles. The number of nitrogens with two attached hydrogens (primary N) is 1. The van der Waals surface area contributed by atoms with Crippen molar-refractivity contribution in [3.63, 3.8) is 0 Å². The number of rotatable bonds is 5. The first kappa shape index (κ1) is 14.7. The van der Waals surface area contributed by atoms with E-state index in [9.17, 15) is 5.11 Å². The summed E-state index contributed by atoms with van der Waals surface area (Å²) in [6.45, 7) is 7.76. The van der Waals surface area contributed by atoms with Crippen molar-refractivity contribution < 1.29 is 9.84 Å². The van der Waals surface area contributed by atoms with Crippen molar-refractivity contribution in [3.8, 4) is 6.01 Å². The normalized spacial score (nSPS) is 24.1. The average molecular weight is 282 g/mol.